The van der Waals surface area contributed by atoms with Gasteiger partial charge in [-0.15, -0.1) is 0 Å². The highest BCUT2D eigenvalue weighted by atomic mass is 19.1. The third-order valence-corrected chi connectivity index (χ3v) is 6.21. The summed E-state index contributed by atoms with van der Waals surface area (Å²) in [5.74, 6) is 0.625. The molecule has 9 heteroatoms. The molecule has 1 N–H and O–H groups in total. The van der Waals surface area contributed by atoms with Gasteiger partial charge in [0, 0.05) is 46.9 Å². The van der Waals surface area contributed by atoms with E-state index in [1.54, 1.807) is 41.8 Å². The number of halogens is 1. The van der Waals surface area contributed by atoms with E-state index in [2.05, 4.69) is 15.3 Å². The highest BCUT2D eigenvalue weighted by molar-refractivity contribution is 6.04. The van der Waals surface area contributed by atoms with Crippen LogP contribution in [0.15, 0.2) is 73.2 Å². The van der Waals surface area contributed by atoms with Crippen molar-refractivity contribution in [2.75, 3.05) is 26.6 Å². The lowest BCUT2D eigenvalue weighted by Gasteiger charge is -2.14. The summed E-state index contributed by atoms with van der Waals surface area (Å²) < 4.78 is 31.7. The Labute approximate surface area is 218 Å². The Balaban J connectivity index is 1.53. The first-order chi connectivity index (χ1) is 18.4. The number of hydrogen-bond donors (Lipinski definition) is 1. The SMILES string of the molecule is COc1cc(NC(=O)c2cnc3ccc(-c4cccnc4-c4ccc(F)c(C)c4)cn23)cc(OC)c1OC. The van der Waals surface area contributed by atoms with Crippen molar-refractivity contribution in [1.29, 1.82) is 0 Å². The van der Waals surface area contributed by atoms with E-state index in [1.807, 2.05) is 30.5 Å². The minimum Gasteiger partial charge on any atom is -0.493 e. The summed E-state index contributed by atoms with van der Waals surface area (Å²) in [5.41, 5.74) is 5.11. The minimum absolute atomic E-state index is 0.270. The smallest absolute Gasteiger partial charge is 0.274 e. The average molecular weight is 513 g/mol. The van der Waals surface area contributed by atoms with Gasteiger partial charge in [0.25, 0.3) is 5.91 Å². The molecule has 5 rings (SSSR count). The molecule has 0 radical (unpaired) electrons. The molecule has 0 bridgehead atoms. The summed E-state index contributed by atoms with van der Waals surface area (Å²) in [6.45, 7) is 1.72. The van der Waals surface area contributed by atoms with Crippen LogP contribution in [0.5, 0.6) is 17.2 Å². The van der Waals surface area contributed by atoms with Gasteiger partial charge in [-0.25, -0.2) is 9.37 Å². The largest absolute Gasteiger partial charge is 0.493 e. The van der Waals surface area contributed by atoms with Crippen molar-refractivity contribution >= 4 is 17.2 Å². The van der Waals surface area contributed by atoms with Crippen molar-refractivity contribution in [2.24, 2.45) is 0 Å². The normalized spacial score (nSPS) is 10.9. The lowest BCUT2D eigenvalue weighted by molar-refractivity contribution is 0.102. The molecule has 38 heavy (non-hydrogen) atoms. The Morgan fingerprint density at radius 2 is 1.66 bits per heavy atom. The minimum atomic E-state index is -0.371. The van der Waals surface area contributed by atoms with E-state index < -0.39 is 0 Å². The Bertz CT molecular complexity index is 1640. The number of ether oxygens (including phenoxy) is 3. The van der Waals surface area contributed by atoms with E-state index in [1.165, 1.54) is 33.6 Å². The van der Waals surface area contributed by atoms with Crippen LogP contribution in [-0.4, -0.2) is 41.6 Å². The number of fused-ring (bicyclic) bond motifs is 1. The van der Waals surface area contributed by atoms with Crippen LogP contribution in [0, 0.1) is 12.7 Å². The Morgan fingerprint density at radius 3 is 2.34 bits per heavy atom. The topological polar surface area (TPSA) is 87.0 Å². The van der Waals surface area contributed by atoms with E-state index >= 15 is 0 Å². The zero-order valence-electron chi connectivity index (χ0n) is 21.3. The standard InChI is InChI=1S/C29H25FN4O4/c1-17-12-18(7-9-22(17)30)27-21(6-5-11-31-27)19-8-10-26-32-15-23(34(26)16-19)29(35)33-20-13-24(36-2)28(38-4)25(14-20)37-3/h5-16H,1-4H3,(H,33,35). The number of aryl methyl sites for hydroxylation is 1. The van der Waals surface area contributed by atoms with Gasteiger partial charge < -0.3 is 19.5 Å². The number of benzene rings is 2. The molecule has 192 valence electrons. The van der Waals surface area contributed by atoms with Crippen LogP contribution in [0.2, 0.25) is 0 Å². The van der Waals surface area contributed by atoms with Crippen molar-refractivity contribution in [1.82, 2.24) is 14.4 Å². The van der Waals surface area contributed by atoms with Gasteiger partial charge in [-0.2, -0.15) is 0 Å². The number of nitrogens with zero attached hydrogens (tertiary/aromatic N) is 3. The number of methoxy groups -OCH3 is 3. The zero-order valence-corrected chi connectivity index (χ0v) is 21.3. The zero-order chi connectivity index (χ0) is 26.8. The van der Waals surface area contributed by atoms with Gasteiger partial charge in [-0.3, -0.25) is 14.2 Å². The molecular weight excluding hydrogens is 487 g/mol. The third-order valence-electron chi connectivity index (χ3n) is 6.21. The molecule has 0 fully saturated rings. The maximum absolute atomic E-state index is 13.9. The predicted octanol–water partition coefficient (Wildman–Crippen LogP) is 5.79. The van der Waals surface area contributed by atoms with E-state index in [0.29, 0.717) is 45.5 Å². The van der Waals surface area contributed by atoms with Crippen LogP contribution in [0.4, 0.5) is 10.1 Å². The number of imidazole rings is 1. The van der Waals surface area contributed by atoms with Crippen LogP contribution >= 0.6 is 0 Å². The summed E-state index contributed by atoms with van der Waals surface area (Å²) in [6.07, 6.45) is 5.05. The molecule has 3 heterocycles. The predicted molar refractivity (Wildman–Crippen MR) is 143 cm³/mol. The van der Waals surface area contributed by atoms with E-state index in [4.69, 9.17) is 14.2 Å². The van der Waals surface area contributed by atoms with Gasteiger partial charge in [0.05, 0.1) is 33.2 Å². The first kappa shape index (κ1) is 24.8. The van der Waals surface area contributed by atoms with Gasteiger partial charge in [0.1, 0.15) is 17.2 Å². The van der Waals surface area contributed by atoms with Crippen LogP contribution in [-0.2, 0) is 0 Å². The number of aromatic nitrogens is 3. The molecule has 8 nitrogen and oxygen atoms in total. The Morgan fingerprint density at radius 1 is 0.921 bits per heavy atom. The van der Waals surface area contributed by atoms with Crippen molar-refractivity contribution in [3.63, 3.8) is 0 Å². The molecule has 0 aliphatic carbocycles. The Hall–Kier alpha value is -4.92. The maximum atomic E-state index is 13.9. The van der Waals surface area contributed by atoms with E-state index in [-0.39, 0.29) is 11.7 Å². The van der Waals surface area contributed by atoms with Crippen molar-refractivity contribution in [3.8, 4) is 39.6 Å². The lowest BCUT2D eigenvalue weighted by Crippen LogP contribution is -2.14. The fraction of sp³-hybridized carbons (Fsp3) is 0.138. The number of carbonyl (C=O) groups excluding carboxylic acids is 1. The van der Waals surface area contributed by atoms with Gasteiger partial charge in [-0.1, -0.05) is 6.07 Å². The van der Waals surface area contributed by atoms with Crippen molar-refractivity contribution in [2.45, 2.75) is 6.92 Å². The molecule has 0 aliphatic heterocycles. The van der Waals surface area contributed by atoms with Gasteiger partial charge in [0.2, 0.25) is 5.75 Å². The van der Waals surface area contributed by atoms with Gasteiger partial charge in [0.15, 0.2) is 11.5 Å². The fourth-order valence-electron chi connectivity index (χ4n) is 4.32. The molecular formula is C29H25FN4O4. The molecule has 0 saturated carbocycles. The van der Waals surface area contributed by atoms with Crippen LogP contribution in [0.25, 0.3) is 28.0 Å². The van der Waals surface area contributed by atoms with E-state index in [9.17, 15) is 9.18 Å². The van der Waals surface area contributed by atoms with Crippen LogP contribution in [0.3, 0.4) is 0 Å². The highest BCUT2D eigenvalue weighted by Crippen LogP contribution is 2.40. The molecule has 0 atom stereocenters. The second-order valence-corrected chi connectivity index (χ2v) is 8.52. The molecule has 1 amide bonds. The molecule has 0 spiro atoms. The number of hydrogen-bond acceptors (Lipinski definition) is 6. The van der Waals surface area contributed by atoms with E-state index in [0.717, 1.165) is 16.7 Å². The number of rotatable bonds is 7. The van der Waals surface area contributed by atoms with Crippen molar-refractivity contribution < 1.29 is 23.4 Å². The molecule has 2 aromatic carbocycles. The maximum Gasteiger partial charge on any atom is 0.274 e. The number of anilines is 1. The summed E-state index contributed by atoms with van der Waals surface area (Å²) in [4.78, 5) is 22.3. The molecule has 3 aromatic heterocycles. The molecule has 0 aliphatic rings. The number of amides is 1. The van der Waals surface area contributed by atoms with Crippen molar-refractivity contribution in [3.05, 3.63) is 90.3 Å². The summed E-state index contributed by atoms with van der Waals surface area (Å²) in [7, 11) is 4.53. The van der Waals surface area contributed by atoms with Crippen LogP contribution < -0.4 is 19.5 Å². The average Bonchev–Trinajstić information content (AvgIpc) is 3.37. The number of nitrogens with one attached hydrogen (secondary N) is 1. The summed E-state index contributed by atoms with van der Waals surface area (Å²) >= 11 is 0. The monoisotopic (exact) mass is 512 g/mol. The van der Waals surface area contributed by atoms with Gasteiger partial charge in [-0.05, 0) is 48.9 Å². The fourth-order valence-corrected chi connectivity index (χ4v) is 4.32. The molecule has 0 saturated heterocycles. The Kier molecular flexibility index (Phi) is 6.66. The van der Waals surface area contributed by atoms with Crippen LogP contribution in [0.1, 0.15) is 16.1 Å². The summed E-state index contributed by atoms with van der Waals surface area (Å²) in [6, 6.07) is 15.8. The quantitative estimate of drug-likeness (QED) is 0.297. The highest BCUT2D eigenvalue weighted by Gasteiger charge is 2.18. The number of carbonyl (C=O) groups is 1. The first-order valence-electron chi connectivity index (χ1n) is 11.7. The second-order valence-electron chi connectivity index (χ2n) is 8.52. The number of pyridine rings is 2. The second kappa shape index (κ2) is 10.2. The summed E-state index contributed by atoms with van der Waals surface area (Å²) in [5, 5.41) is 2.88. The lowest BCUT2D eigenvalue weighted by atomic mass is 9.99. The first-order valence-corrected chi connectivity index (χ1v) is 11.7. The van der Waals surface area contributed by atoms with Gasteiger partial charge >= 0.3 is 0 Å². The third kappa shape index (κ3) is 4.50. The molecule has 5 aromatic rings. The molecule has 0 unspecified atom stereocenters.